The Hall–Kier alpha value is 2.82. The van der Waals surface area contributed by atoms with Crippen LogP contribution in [0, 0.1) is 0 Å². The molecule has 0 spiro atoms. The van der Waals surface area contributed by atoms with Crippen LogP contribution in [0.4, 0.5) is 0 Å². The second-order valence-corrected chi connectivity index (χ2v) is 0.289. The van der Waals surface area contributed by atoms with E-state index in [2.05, 4.69) is 0 Å². The number of hydrogen-bond donors (Lipinski definition) is 0. The Balaban J connectivity index is -0.00000000300. The fourth-order valence-corrected chi connectivity index (χ4v) is 0. The largest absolute Gasteiger partial charge is 1.00 e. The fourth-order valence-electron chi connectivity index (χ4n) is 0. The topological polar surface area (TPSA) is 164 Å². The van der Waals surface area contributed by atoms with Crippen LogP contribution >= 0.6 is 0 Å². The summed E-state index contributed by atoms with van der Waals surface area (Å²) in [6.07, 6.45) is 0. The summed E-state index contributed by atoms with van der Waals surface area (Å²) >= 11 is 0. The minimum Gasteiger partial charge on any atom is -0.907 e. The maximum Gasteiger partial charge on any atom is 1.00 e. The molecule has 0 atom stereocenters. The first-order valence-electron chi connectivity index (χ1n) is 0.707. The first-order valence-corrected chi connectivity index (χ1v) is 0.707. The quantitative estimate of drug-likeness (QED) is 0.340. The molecule has 0 unspecified atom stereocenters. The molecule has 6 N–H and O–H groups in total. The van der Waals surface area contributed by atoms with Gasteiger partial charge in [0.25, 0.3) is 0 Å². The fraction of sp³-hybridized carbons (Fsp3) is 0. The number of hydrogen-bond acceptors (Lipinski definition) is 3. The zero-order valence-electron chi connectivity index (χ0n) is 6.30. The van der Waals surface area contributed by atoms with E-state index in [1.165, 1.54) is 0 Å². The van der Waals surface area contributed by atoms with Crippen molar-refractivity contribution in [1.82, 2.24) is 0 Å². The molecule has 0 fully saturated rings. The van der Waals surface area contributed by atoms with Crippen LogP contribution in [0.15, 0.2) is 0 Å². The zero-order chi connectivity index (χ0) is 3.58. The molecule has 0 rings (SSSR count). The van der Waals surface area contributed by atoms with E-state index in [4.69, 9.17) is 15.1 Å². The predicted octanol–water partition coefficient (Wildman–Crippen LogP) is -15.4. The average molecular weight is 182 g/mol. The molecule has 0 aliphatic carbocycles. The van der Waals surface area contributed by atoms with Crippen LogP contribution in [0.25, 0.3) is 0 Å². The summed E-state index contributed by atoms with van der Waals surface area (Å²) in [7, 11) is -2.92. The minimum atomic E-state index is -2.92. The van der Waals surface area contributed by atoms with Gasteiger partial charge in [0, 0.05) is 0 Å². The first-order chi connectivity index (χ1) is 1.73. The molecule has 0 aliphatic rings. The van der Waals surface area contributed by atoms with E-state index in [1.54, 1.807) is 0 Å². The molecule has 0 aromatic rings. The van der Waals surface area contributed by atoms with Crippen molar-refractivity contribution >= 4 is 7.32 Å². The van der Waals surface area contributed by atoms with Gasteiger partial charge in [-0.2, -0.15) is 0 Å². The maximum absolute atomic E-state index is 8.42. The molecule has 0 aromatic heterocycles. The van der Waals surface area contributed by atoms with Crippen LogP contribution < -0.4 is 104 Å². The van der Waals surface area contributed by atoms with Crippen LogP contribution in [0.3, 0.4) is 0 Å². The molecule has 0 heterocycles. The third-order valence-electron chi connectivity index (χ3n) is 0. The summed E-state index contributed by atoms with van der Waals surface area (Å²) in [4.78, 5) is 0. The SMILES string of the molecule is O.O.O.[Na+].[Na+].[Na+].[O-]B([O-])[O-]. The third-order valence-corrected chi connectivity index (χ3v) is 0. The molecular formula is H6BNa3O6. The van der Waals surface area contributed by atoms with Crippen molar-refractivity contribution < 1.29 is 120 Å². The van der Waals surface area contributed by atoms with Crippen LogP contribution in [0.1, 0.15) is 0 Å². The smallest absolute Gasteiger partial charge is 0.907 e. The standard InChI is InChI=1S/BO3.3Na.3H2O/c2-1(3)4;;;;;;/h;;;;3*1H2/q-3;3*+1;;;. The van der Waals surface area contributed by atoms with Gasteiger partial charge >= 0.3 is 88.7 Å². The van der Waals surface area contributed by atoms with E-state index >= 15 is 0 Å². The van der Waals surface area contributed by atoms with Crippen LogP contribution in [0.2, 0.25) is 0 Å². The summed E-state index contributed by atoms with van der Waals surface area (Å²) in [5.41, 5.74) is 0. The van der Waals surface area contributed by atoms with Crippen molar-refractivity contribution in [3.8, 4) is 0 Å². The summed E-state index contributed by atoms with van der Waals surface area (Å²) in [5, 5.41) is 25.2. The molecule has 10 heteroatoms. The Labute approximate surface area is 125 Å². The van der Waals surface area contributed by atoms with Crippen molar-refractivity contribution in [2.45, 2.75) is 0 Å². The van der Waals surface area contributed by atoms with E-state index < -0.39 is 7.32 Å². The Kier molecular flexibility index (Phi) is 216. The van der Waals surface area contributed by atoms with Gasteiger partial charge in [-0.1, -0.05) is 0 Å². The van der Waals surface area contributed by atoms with Gasteiger partial charge in [0.2, 0.25) is 0 Å². The predicted molar refractivity (Wildman–Crippen MR) is 16.6 cm³/mol. The van der Waals surface area contributed by atoms with Gasteiger partial charge in [-0.05, 0) is 0 Å². The Morgan fingerprint density at radius 3 is 0.600 bits per heavy atom. The summed E-state index contributed by atoms with van der Waals surface area (Å²) in [5.74, 6) is 0. The summed E-state index contributed by atoms with van der Waals surface area (Å²) < 4.78 is 0. The third kappa shape index (κ3) is 131. The monoisotopic (exact) mass is 182 g/mol. The Morgan fingerprint density at radius 1 is 0.600 bits per heavy atom. The van der Waals surface area contributed by atoms with Gasteiger partial charge in [0.1, 0.15) is 0 Å². The van der Waals surface area contributed by atoms with Gasteiger partial charge in [-0.25, -0.2) is 0 Å². The molecule has 48 valence electrons. The molecule has 10 heavy (non-hydrogen) atoms. The van der Waals surface area contributed by atoms with Crippen molar-refractivity contribution in [3.63, 3.8) is 0 Å². The molecule has 0 aliphatic heterocycles. The Morgan fingerprint density at radius 2 is 0.600 bits per heavy atom. The normalized spacial score (nSPS) is 2.70. The average Bonchev–Trinajstić information content (AvgIpc) is 0.811. The molecule has 0 bridgehead atoms. The zero-order valence-corrected chi connectivity index (χ0v) is 12.3. The second-order valence-electron chi connectivity index (χ2n) is 0.289. The molecule has 0 radical (unpaired) electrons. The van der Waals surface area contributed by atoms with Gasteiger partial charge < -0.3 is 31.5 Å². The molecule has 6 nitrogen and oxygen atoms in total. The first kappa shape index (κ1) is 52.9. The second kappa shape index (κ2) is 40.8. The van der Waals surface area contributed by atoms with Crippen LogP contribution in [0.5, 0.6) is 0 Å². The van der Waals surface area contributed by atoms with Gasteiger partial charge in [0.05, 0.1) is 0 Å². The van der Waals surface area contributed by atoms with E-state index in [0.29, 0.717) is 0 Å². The maximum atomic E-state index is 8.42. The summed E-state index contributed by atoms with van der Waals surface area (Å²) in [6.45, 7) is 0. The van der Waals surface area contributed by atoms with Crippen LogP contribution in [-0.2, 0) is 0 Å². The van der Waals surface area contributed by atoms with E-state index in [9.17, 15) is 0 Å². The number of rotatable bonds is 0. The van der Waals surface area contributed by atoms with Crippen LogP contribution in [-0.4, -0.2) is 23.7 Å². The minimum absolute atomic E-state index is 0. The molecular weight excluding hydrogens is 176 g/mol. The molecule has 0 saturated heterocycles. The molecule has 0 aromatic carbocycles. The molecule has 0 amide bonds. The summed E-state index contributed by atoms with van der Waals surface area (Å²) in [6, 6.07) is 0. The van der Waals surface area contributed by atoms with Gasteiger partial charge in [-0.15, -0.1) is 0 Å². The van der Waals surface area contributed by atoms with Gasteiger partial charge in [0.15, 0.2) is 0 Å². The van der Waals surface area contributed by atoms with Crippen molar-refractivity contribution in [2.75, 3.05) is 0 Å². The van der Waals surface area contributed by atoms with Gasteiger partial charge in [-0.3, -0.25) is 7.32 Å². The van der Waals surface area contributed by atoms with E-state index in [1.807, 2.05) is 0 Å². The van der Waals surface area contributed by atoms with Crippen molar-refractivity contribution in [2.24, 2.45) is 0 Å². The Bertz CT molecular complexity index is 17.7. The molecule has 0 saturated carbocycles. The van der Waals surface area contributed by atoms with E-state index in [0.717, 1.165) is 0 Å². The van der Waals surface area contributed by atoms with Crippen molar-refractivity contribution in [3.05, 3.63) is 0 Å². The van der Waals surface area contributed by atoms with E-state index in [-0.39, 0.29) is 105 Å². The van der Waals surface area contributed by atoms with Crippen molar-refractivity contribution in [1.29, 1.82) is 0 Å².